The zero-order valence-corrected chi connectivity index (χ0v) is 11.2. The predicted molar refractivity (Wildman–Crippen MR) is 67.7 cm³/mol. The van der Waals surface area contributed by atoms with Crippen molar-refractivity contribution in [3.05, 3.63) is 0 Å². The summed E-state index contributed by atoms with van der Waals surface area (Å²) in [5, 5.41) is 2.89. The van der Waals surface area contributed by atoms with Gasteiger partial charge in [0.25, 0.3) is 0 Å². The van der Waals surface area contributed by atoms with E-state index in [1.54, 1.807) is 0 Å². The molecular formula is C13H22N2O2. The molecule has 1 amide bonds. The van der Waals surface area contributed by atoms with Crippen LogP contribution in [0.1, 0.15) is 34.1 Å². The van der Waals surface area contributed by atoms with Crippen molar-refractivity contribution in [2.45, 2.75) is 45.8 Å². The molecule has 0 bridgehead atoms. The van der Waals surface area contributed by atoms with Crippen LogP contribution in [-0.4, -0.2) is 42.3 Å². The number of likely N-dealkylation sites (tertiary alicyclic amines) is 1. The highest BCUT2D eigenvalue weighted by Crippen LogP contribution is 2.11. The molecule has 1 unspecified atom stereocenters. The summed E-state index contributed by atoms with van der Waals surface area (Å²) >= 11 is 0. The Morgan fingerprint density at radius 2 is 2.24 bits per heavy atom. The fourth-order valence-corrected chi connectivity index (χ4v) is 1.76. The number of ether oxygens (including phenoxy) is 1. The molecule has 1 rings (SSSR count). The van der Waals surface area contributed by atoms with E-state index < -0.39 is 5.60 Å². The topological polar surface area (TPSA) is 41.6 Å². The Bertz CT molecular complexity index is 323. The van der Waals surface area contributed by atoms with Crippen LogP contribution < -0.4 is 5.32 Å². The van der Waals surface area contributed by atoms with Crippen molar-refractivity contribution in [3.8, 4) is 11.8 Å². The van der Waals surface area contributed by atoms with Crippen molar-refractivity contribution in [2.24, 2.45) is 0 Å². The molecule has 0 spiro atoms. The van der Waals surface area contributed by atoms with Crippen LogP contribution in [0, 0.1) is 11.8 Å². The lowest BCUT2D eigenvalue weighted by atomic mass is 10.2. The maximum atomic E-state index is 11.6. The lowest BCUT2D eigenvalue weighted by Crippen LogP contribution is -2.40. The zero-order chi connectivity index (χ0) is 12.9. The van der Waals surface area contributed by atoms with E-state index in [4.69, 9.17) is 4.74 Å². The molecule has 1 N–H and O–H groups in total. The first-order chi connectivity index (χ1) is 7.90. The molecular weight excluding hydrogens is 216 g/mol. The highest BCUT2D eigenvalue weighted by Gasteiger charge is 2.25. The van der Waals surface area contributed by atoms with Crippen LogP contribution in [0.4, 0.5) is 4.79 Å². The van der Waals surface area contributed by atoms with Crippen LogP contribution >= 0.6 is 0 Å². The largest absolute Gasteiger partial charge is 0.444 e. The fourth-order valence-electron chi connectivity index (χ4n) is 1.76. The third-order valence-electron chi connectivity index (χ3n) is 2.47. The molecule has 1 heterocycles. The molecule has 4 heteroatoms. The first kappa shape index (κ1) is 13.9. The van der Waals surface area contributed by atoms with E-state index in [0.717, 1.165) is 26.1 Å². The third kappa shape index (κ3) is 5.60. The number of alkyl carbamates (subject to hydrolysis) is 1. The van der Waals surface area contributed by atoms with Crippen molar-refractivity contribution in [1.29, 1.82) is 0 Å². The second-order valence-electron chi connectivity index (χ2n) is 5.29. The second kappa shape index (κ2) is 5.92. The van der Waals surface area contributed by atoms with Gasteiger partial charge >= 0.3 is 6.09 Å². The SMILES string of the molecule is CC#CCN1CCC(NC(=O)OC(C)(C)C)C1. The fraction of sp³-hybridized carbons (Fsp3) is 0.769. The minimum absolute atomic E-state index is 0.184. The van der Waals surface area contributed by atoms with Gasteiger partial charge in [0.1, 0.15) is 5.60 Å². The molecule has 0 aliphatic carbocycles. The van der Waals surface area contributed by atoms with E-state index in [-0.39, 0.29) is 12.1 Å². The van der Waals surface area contributed by atoms with Crippen molar-refractivity contribution >= 4 is 6.09 Å². The summed E-state index contributed by atoms with van der Waals surface area (Å²) in [6, 6.07) is 0.184. The third-order valence-corrected chi connectivity index (χ3v) is 2.47. The molecule has 1 saturated heterocycles. The first-order valence-corrected chi connectivity index (χ1v) is 6.02. The van der Waals surface area contributed by atoms with Gasteiger partial charge in [0.05, 0.1) is 6.54 Å². The molecule has 0 radical (unpaired) electrons. The average Bonchev–Trinajstić information content (AvgIpc) is 2.59. The summed E-state index contributed by atoms with van der Waals surface area (Å²) < 4.78 is 5.22. The van der Waals surface area contributed by atoms with Crippen LogP contribution in [-0.2, 0) is 4.74 Å². The normalized spacial score (nSPS) is 20.6. The number of carbonyl (C=O) groups is 1. The number of carbonyl (C=O) groups excluding carboxylic acids is 1. The van der Waals surface area contributed by atoms with Crippen molar-refractivity contribution in [3.63, 3.8) is 0 Å². The van der Waals surface area contributed by atoms with E-state index in [0.29, 0.717) is 0 Å². The average molecular weight is 238 g/mol. The summed E-state index contributed by atoms with van der Waals surface area (Å²) in [7, 11) is 0. The van der Waals surface area contributed by atoms with Crippen LogP contribution in [0.25, 0.3) is 0 Å². The van der Waals surface area contributed by atoms with E-state index in [1.807, 2.05) is 27.7 Å². The van der Waals surface area contributed by atoms with Crippen molar-refractivity contribution in [1.82, 2.24) is 10.2 Å². The smallest absolute Gasteiger partial charge is 0.407 e. The van der Waals surface area contributed by atoms with E-state index >= 15 is 0 Å². The van der Waals surface area contributed by atoms with Crippen LogP contribution in [0.2, 0.25) is 0 Å². The Kier molecular flexibility index (Phi) is 4.83. The molecule has 0 aromatic carbocycles. The lowest BCUT2D eigenvalue weighted by molar-refractivity contribution is 0.0506. The van der Waals surface area contributed by atoms with Gasteiger partial charge in [-0.3, -0.25) is 4.90 Å². The molecule has 17 heavy (non-hydrogen) atoms. The van der Waals surface area contributed by atoms with E-state index in [2.05, 4.69) is 22.1 Å². The molecule has 1 atom stereocenters. The van der Waals surface area contributed by atoms with Crippen LogP contribution in [0.15, 0.2) is 0 Å². The van der Waals surface area contributed by atoms with Crippen LogP contribution in [0.5, 0.6) is 0 Å². The van der Waals surface area contributed by atoms with Gasteiger partial charge < -0.3 is 10.1 Å². The zero-order valence-electron chi connectivity index (χ0n) is 11.2. The molecule has 1 aliphatic rings. The molecule has 0 saturated carbocycles. The molecule has 0 aromatic heterocycles. The maximum absolute atomic E-state index is 11.6. The monoisotopic (exact) mass is 238 g/mol. The van der Waals surface area contributed by atoms with Crippen LogP contribution in [0.3, 0.4) is 0 Å². The second-order valence-corrected chi connectivity index (χ2v) is 5.29. The highest BCUT2D eigenvalue weighted by molar-refractivity contribution is 5.68. The Labute approximate surface area is 104 Å². The standard InChI is InChI=1S/C13H22N2O2/c1-5-6-8-15-9-7-11(10-15)14-12(16)17-13(2,3)4/h11H,7-10H2,1-4H3,(H,14,16). The Morgan fingerprint density at radius 1 is 1.53 bits per heavy atom. The van der Waals surface area contributed by atoms with Gasteiger partial charge in [0.15, 0.2) is 0 Å². The summed E-state index contributed by atoms with van der Waals surface area (Å²) in [5.41, 5.74) is -0.434. The highest BCUT2D eigenvalue weighted by atomic mass is 16.6. The molecule has 96 valence electrons. The number of hydrogen-bond donors (Lipinski definition) is 1. The van der Waals surface area contributed by atoms with Gasteiger partial charge in [-0.15, -0.1) is 5.92 Å². The number of amides is 1. The minimum Gasteiger partial charge on any atom is -0.444 e. The lowest BCUT2D eigenvalue weighted by Gasteiger charge is -2.21. The number of nitrogens with zero attached hydrogens (tertiary/aromatic N) is 1. The minimum atomic E-state index is -0.434. The summed E-state index contributed by atoms with van der Waals surface area (Å²) in [5.74, 6) is 5.91. The quantitative estimate of drug-likeness (QED) is 0.743. The van der Waals surface area contributed by atoms with E-state index in [9.17, 15) is 4.79 Å². The van der Waals surface area contributed by atoms with Gasteiger partial charge in [0, 0.05) is 19.1 Å². The molecule has 4 nitrogen and oxygen atoms in total. The Hall–Kier alpha value is -1.21. The number of rotatable bonds is 2. The summed E-state index contributed by atoms with van der Waals surface area (Å²) in [6.45, 7) is 10.1. The van der Waals surface area contributed by atoms with Gasteiger partial charge in [-0.25, -0.2) is 4.79 Å². The number of nitrogens with one attached hydrogen (secondary N) is 1. The van der Waals surface area contributed by atoms with Gasteiger partial charge in [0.2, 0.25) is 0 Å². The number of hydrogen-bond acceptors (Lipinski definition) is 3. The Balaban J connectivity index is 2.29. The van der Waals surface area contributed by atoms with Crippen molar-refractivity contribution in [2.75, 3.05) is 19.6 Å². The summed E-state index contributed by atoms with van der Waals surface area (Å²) in [4.78, 5) is 13.8. The van der Waals surface area contributed by atoms with Gasteiger partial charge in [-0.2, -0.15) is 0 Å². The Morgan fingerprint density at radius 3 is 2.82 bits per heavy atom. The predicted octanol–water partition coefficient (Wildman–Crippen LogP) is 1.61. The van der Waals surface area contributed by atoms with Gasteiger partial charge in [-0.1, -0.05) is 5.92 Å². The van der Waals surface area contributed by atoms with Gasteiger partial charge in [-0.05, 0) is 34.1 Å². The molecule has 1 fully saturated rings. The molecule has 1 aliphatic heterocycles. The molecule has 0 aromatic rings. The van der Waals surface area contributed by atoms with Crippen molar-refractivity contribution < 1.29 is 9.53 Å². The first-order valence-electron chi connectivity index (χ1n) is 6.02. The van der Waals surface area contributed by atoms with E-state index in [1.165, 1.54) is 0 Å². The maximum Gasteiger partial charge on any atom is 0.407 e. The summed E-state index contributed by atoms with van der Waals surface area (Å²) in [6.07, 6.45) is 0.635.